The molecule has 6 heteroatoms. The fourth-order valence-corrected chi connectivity index (χ4v) is 2.68. The van der Waals surface area contributed by atoms with Gasteiger partial charge in [0.2, 0.25) is 5.28 Å². The summed E-state index contributed by atoms with van der Waals surface area (Å²) in [7, 11) is 0. The van der Waals surface area contributed by atoms with Crippen molar-refractivity contribution in [2.45, 2.75) is 18.9 Å². The summed E-state index contributed by atoms with van der Waals surface area (Å²) < 4.78 is 0.903. The van der Waals surface area contributed by atoms with Crippen LogP contribution in [0.2, 0.25) is 10.3 Å². The molecule has 0 bridgehead atoms. The molecule has 0 unspecified atom stereocenters. The average Bonchev–Trinajstić information content (AvgIpc) is 3.04. The number of nitrogens with one attached hydrogen (secondary N) is 1. The quantitative estimate of drug-likeness (QED) is 0.834. The van der Waals surface area contributed by atoms with Crippen molar-refractivity contribution in [3.05, 3.63) is 26.9 Å². The molecule has 1 aromatic heterocycles. The number of aromatic nitrogens is 2. The Morgan fingerprint density at radius 1 is 1.24 bits per heavy atom. The summed E-state index contributed by atoms with van der Waals surface area (Å²) in [6.45, 7) is 0. The Labute approximate surface area is 117 Å². The maximum atomic E-state index is 6.15. The van der Waals surface area contributed by atoms with Crippen molar-refractivity contribution in [3.63, 3.8) is 0 Å². The van der Waals surface area contributed by atoms with Gasteiger partial charge in [0.15, 0.2) is 0 Å². The first-order valence-electron chi connectivity index (χ1n) is 5.22. The highest BCUT2D eigenvalue weighted by atomic mass is 79.9. The predicted octanol–water partition coefficient (Wildman–Crippen LogP) is 4.27. The molecule has 0 atom stereocenters. The summed E-state index contributed by atoms with van der Waals surface area (Å²) >= 11 is 15.5. The van der Waals surface area contributed by atoms with Crippen LogP contribution in [0.3, 0.4) is 0 Å². The summed E-state index contributed by atoms with van der Waals surface area (Å²) in [5.74, 6) is 0.755. The van der Waals surface area contributed by atoms with E-state index in [1.54, 1.807) is 6.07 Å². The molecule has 3 rings (SSSR count). The fourth-order valence-electron chi connectivity index (χ4n) is 1.66. The molecule has 0 saturated heterocycles. The van der Waals surface area contributed by atoms with Crippen molar-refractivity contribution in [2.24, 2.45) is 0 Å². The number of nitrogens with zero attached hydrogens (tertiary/aromatic N) is 2. The van der Waals surface area contributed by atoms with Gasteiger partial charge in [0.05, 0.1) is 10.5 Å². The molecule has 0 amide bonds. The van der Waals surface area contributed by atoms with E-state index >= 15 is 0 Å². The third kappa shape index (κ3) is 2.34. The molecule has 1 aromatic carbocycles. The van der Waals surface area contributed by atoms with Crippen molar-refractivity contribution in [1.29, 1.82) is 0 Å². The van der Waals surface area contributed by atoms with E-state index in [0.717, 1.165) is 15.7 Å². The molecule has 0 aliphatic heterocycles. The van der Waals surface area contributed by atoms with E-state index in [2.05, 4.69) is 31.2 Å². The minimum atomic E-state index is 0.213. The number of hydrogen-bond acceptors (Lipinski definition) is 3. The summed E-state index contributed by atoms with van der Waals surface area (Å²) in [5.41, 5.74) is 0.679. The molecule has 17 heavy (non-hydrogen) atoms. The normalized spacial score (nSPS) is 15.2. The zero-order valence-corrected chi connectivity index (χ0v) is 11.8. The van der Waals surface area contributed by atoms with E-state index in [-0.39, 0.29) is 5.28 Å². The lowest BCUT2D eigenvalue weighted by Gasteiger charge is -2.09. The van der Waals surface area contributed by atoms with Gasteiger partial charge in [0, 0.05) is 15.9 Å². The Morgan fingerprint density at radius 3 is 2.71 bits per heavy atom. The van der Waals surface area contributed by atoms with Gasteiger partial charge in [-0.15, -0.1) is 0 Å². The maximum absolute atomic E-state index is 6.15. The van der Waals surface area contributed by atoms with E-state index in [1.807, 2.05) is 6.07 Å². The van der Waals surface area contributed by atoms with E-state index < -0.39 is 0 Å². The molecule has 1 aliphatic rings. The van der Waals surface area contributed by atoms with Crippen LogP contribution >= 0.6 is 39.1 Å². The van der Waals surface area contributed by atoms with Crippen LogP contribution < -0.4 is 5.32 Å². The molecule has 1 heterocycles. The molecule has 1 fully saturated rings. The Balaban J connectivity index is 2.24. The first-order chi connectivity index (χ1) is 8.13. The highest BCUT2D eigenvalue weighted by Gasteiger charge is 2.23. The van der Waals surface area contributed by atoms with Crippen LogP contribution in [0.1, 0.15) is 12.8 Å². The molecular formula is C11H8BrCl2N3. The monoisotopic (exact) mass is 331 g/mol. The number of halogens is 3. The van der Waals surface area contributed by atoms with Crippen LogP contribution in [0.25, 0.3) is 10.9 Å². The SMILES string of the molecule is Clc1nc(NC2CC2)c2cc(Br)cc(Cl)c2n1. The molecular weight excluding hydrogens is 325 g/mol. The fraction of sp³-hybridized carbons (Fsp3) is 0.273. The highest BCUT2D eigenvalue weighted by Crippen LogP contribution is 2.33. The predicted molar refractivity (Wildman–Crippen MR) is 73.9 cm³/mol. The van der Waals surface area contributed by atoms with Crippen LogP contribution in [-0.4, -0.2) is 16.0 Å². The minimum Gasteiger partial charge on any atom is -0.367 e. The molecule has 88 valence electrons. The van der Waals surface area contributed by atoms with Crippen molar-refractivity contribution >= 4 is 55.9 Å². The molecule has 0 spiro atoms. The van der Waals surface area contributed by atoms with Gasteiger partial charge in [-0.2, -0.15) is 0 Å². The van der Waals surface area contributed by atoms with Gasteiger partial charge in [0.25, 0.3) is 0 Å². The van der Waals surface area contributed by atoms with Crippen LogP contribution in [0, 0.1) is 0 Å². The second-order valence-electron chi connectivity index (χ2n) is 4.04. The van der Waals surface area contributed by atoms with Gasteiger partial charge in [-0.3, -0.25) is 0 Å². The Morgan fingerprint density at radius 2 is 2.00 bits per heavy atom. The smallest absolute Gasteiger partial charge is 0.224 e. The zero-order chi connectivity index (χ0) is 12.0. The number of anilines is 1. The van der Waals surface area contributed by atoms with E-state index in [4.69, 9.17) is 23.2 Å². The van der Waals surface area contributed by atoms with Crippen molar-refractivity contribution in [1.82, 2.24) is 9.97 Å². The first kappa shape index (κ1) is 11.5. The second-order valence-corrected chi connectivity index (χ2v) is 5.70. The third-order valence-electron chi connectivity index (χ3n) is 2.61. The third-order valence-corrected chi connectivity index (χ3v) is 3.52. The second kappa shape index (κ2) is 4.26. The van der Waals surface area contributed by atoms with Crippen molar-refractivity contribution < 1.29 is 0 Å². The standard InChI is InChI=1S/C11H8BrCl2N3/c12-5-3-7-9(8(13)4-5)16-11(14)17-10(7)15-6-1-2-6/h3-4,6H,1-2H2,(H,15,16,17). The van der Waals surface area contributed by atoms with Crippen molar-refractivity contribution in [2.75, 3.05) is 5.32 Å². The molecule has 1 saturated carbocycles. The van der Waals surface area contributed by atoms with Gasteiger partial charge in [-0.1, -0.05) is 27.5 Å². The molecule has 0 radical (unpaired) electrons. The summed E-state index contributed by atoms with van der Waals surface area (Å²) in [6, 6.07) is 4.25. The number of benzene rings is 1. The van der Waals surface area contributed by atoms with Crippen LogP contribution in [-0.2, 0) is 0 Å². The van der Waals surface area contributed by atoms with Gasteiger partial charge in [-0.25, -0.2) is 9.97 Å². The van der Waals surface area contributed by atoms with Crippen molar-refractivity contribution in [3.8, 4) is 0 Å². The lowest BCUT2D eigenvalue weighted by molar-refractivity contribution is 1.10. The molecule has 3 nitrogen and oxygen atoms in total. The van der Waals surface area contributed by atoms with Crippen LogP contribution in [0.5, 0.6) is 0 Å². The largest absolute Gasteiger partial charge is 0.367 e. The lowest BCUT2D eigenvalue weighted by Crippen LogP contribution is -2.04. The molecule has 1 aliphatic carbocycles. The topological polar surface area (TPSA) is 37.8 Å². The summed E-state index contributed by atoms with van der Waals surface area (Å²) in [6.07, 6.45) is 2.34. The van der Waals surface area contributed by atoms with Gasteiger partial charge < -0.3 is 5.32 Å². The summed E-state index contributed by atoms with van der Waals surface area (Å²) in [4.78, 5) is 8.39. The molecule has 2 aromatic rings. The number of rotatable bonds is 2. The van der Waals surface area contributed by atoms with Crippen LogP contribution in [0.4, 0.5) is 5.82 Å². The number of fused-ring (bicyclic) bond motifs is 1. The zero-order valence-electron chi connectivity index (χ0n) is 8.67. The Kier molecular flexibility index (Phi) is 2.89. The van der Waals surface area contributed by atoms with Gasteiger partial charge >= 0.3 is 0 Å². The minimum absolute atomic E-state index is 0.213. The first-order valence-corrected chi connectivity index (χ1v) is 6.77. The summed E-state index contributed by atoms with van der Waals surface area (Å²) in [5, 5.41) is 5.01. The molecule has 1 N–H and O–H groups in total. The number of hydrogen-bond donors (Lipinski definition) is 1. The van der Waals surface area contributed by atoms with Gasteiger partial charge in [-0.05, 0) is 36.6 Å². The van der Waals surface area contributed by atoms with E-state index in [0.29, 0.717) is 16.6 Å². The Hall–Kier alpha value is -0.580. The Bertz CT molecular complexity index is 599. The average molecular weight is 333 g/mol. The van der Waals surface area contributed by atoms with E-state index in [1.165, 1.54) is 12.8 Å². The highest BCUT2D eigenvalue weighted by molar-refractivity contribution is 9.10. The van der Waals surface area contributed by atoms with E-state index in [9.17, 15) is 0 Å². The lowest BCUT2D eigenvalue weighted by atomic mass is 10.2. The van der Waals surface area contributed by atoms with Gasteiger partial charge in [0.1, 0.15) is 5.82 Å². The van der Waals surface area contributed by atoms with Crippen LogP contribution in [0.15, 0.2) is 16.6 Å². The maximum Gasteiger partial charge on any atom is 0.224 e.